The molecule has 1 aliphatic rings. The number of nitrogens with one attached hydrogen (secondary N) is 2. The number of fused-ring (bicyclic) bond motifs is 1. The minimum atomic E-state index is -0.412. The first-order valence-corrected chi connectivity index (χ1v) is 10.3. The van der Waals surface area contributed by atoms with E-state index >= 15 is 0 Å². The van der Waals surface area contributed by atoms with Crippen molar-refractivity contribution in [3.05, 3.63) is 87.9 Å². The summed E-state index contributed by atoms with van der Waals surface area (Å²) in [7, 11) is 0. The molecule has 0 spiro atoms. The van der Waals surface area contributed by atoms with Crippen LogP contribution in [0.2, 0.25) is 10.0 Å². The van der Waals surface area contributed by atoms with Crippen molar-refractivity contribution in [3.63, 3.8) is 0 Å². The fourth-order valence-corrected chi connectivity index (χ4v) is 3.77. The molecule has 3 aromatic rings. The maximum Gasteiger partial charge on any atom is 0.323 e. The fraction of sp³-hybridized carbons (Fsp3) is 0.130. The van der Waals surface area contributed by atoms with E-state index in [1.165, 1.54) is 0 Å². The van der Waals surface area contributed by atoms with Gasteiger partial charge < -0.3 is 15.5 Å². The molecule has 1 heterocycles. The number of hydrogen-bond acceptors (Lipinski definition) is 2. The Labute approximate surface area is 184 Å². The molecule has 3 amide bonds. The minimum Gasteiger partial charge on any atom is -0.308 e. The quantitative estimate of drug-likeness (QED) is 0.507. The third-order valence-electron chi connectivity index (χ3n) is 4.91. The van der Waals surface area contributed by atoms with E-state index in [2.05, 4.69) is 10.6 Å². The van der Waals surface area contributed by atoms with Gasteiger partial charge in [0, 0.05) is 29.2 Å². The van der Waals surface area contributed by atoms with Crippen molar-refractivity contribution in [1.29, 1.82) is 0 Å². The number of anilines is 3. The molecule has 0 saturated heterocycles. The highest BCUT2D eigenvalue weighted by atomic mass is 35.5. The zero-order chi connectivity index (χ0) is 21.1. The van der Waals surface area contributed by atoms with Gasteiger partial charge in [0.1, 0.15) is 0 Å². The lowest BCUT2D eigenvalue weighted by molar-refractivity contribution is 0.0985. The van der Waals surface area contributed by atoms with Gasteiger partial charge in [-0.3, -0.25) is 4.79 Å². The monoisotopic (exact) mass is 439 g/mol. The molecule has 30 heavy (non-hydrogen) atoms. The number of rotatable bonds is 3. The molecule has 0 unspecified atom stereocenters. The smallest absolute Gasteiger partial charge is 0.308 e. The van der Waals surface area contributed by atoms with E-state index in [4.69, 9.17) is 23.2 Å². The summed E-state index contributed by atoms with van der Waals surface area (Å²) in [5, 5.41) is 6.31. The van der Waals surface area contributed by atoms with E-state index in [-0.39, 0.29) is 5.91 Å². The Morgan fingerprint density at radius 2 is 1.53 bits per heavy atom. The molecule has 5 nitrogen and oxygen atoms in total. The number of hydrogen-bond donors (Lipinski definition) is 2. The van der Waals surface area contributed by atoms with Gasteiger partial charge in [0.2, 0.25) is 0 Å². The van der Waals surface area contributed by atoms with Crippen LogP contribution in [0.3, 0.4) is 0 Å². The third-order valence-corrected chi connectivity index (χ3v) is 5.64. The summed E-state index contributed by atoms with van der Waals surface area (Å²) in [4.78, 5) is 27.2. The number of nitrogens with zero attached hydrogens (tertiary/aromatic N) is 1. The molecule has 7 heteroatoms. The summed E-state index contributed by atoms with van der Waals surface area (Å²) >= 11 is 11.9. The van der Waals surface area contributed by atoms with Crippen LogP contribution in [-0.2, 0) is 6.42 Å². The number of amides is 3. The topological polar surface area (TPSA) is 61.4 Å². The molecule has 0 aromatic heterocycles. The number of aryl methyl sites for hydroxylation is 1. The Morgan fingerprint density at radius 3 is 2.27 bits per heavy atom. The molecular formula is C23H19Cl2N3O2. The van der Waals surface area contributed by atoms with Crippen molar-refractivity contribution >= 4 is 52.2 Å². The molecule has 3 aromatic carbocycles. The highest BCUT2D eigenvalue weighted by Crippen LogP contribution is 2.31. The minimum absolute atomic E-state index is 0.0473. The van der Waals surface area contributed by atoms with Crippen LogP contribution in [0.25, 0.3) is 0 Å². The highest BCUT2D eigenvalue weighted by Gasteiger charge is 2.24. The zero-order valence-electron chi connectivity index (χ0n) is 16.0. The van der Waals surface area contributed by atoms with Crippen LogP contribution in [0.1, 0.15) is 22.3 Å². The van der Waals surface area contributed by atoms with Crippen molar-refractivity contribution in [2.24, 2.45) is 0 Å². The van der Waals surface area contributed by atoms with E-state index < -0.39 is 6.03 Å². The number of carbonyl (C=O) groups is 2. The Bertz CT molecular complexity index is 1100. The lowest BCUT2D eigenvalue weighted by Gasteiger charge is -2.30. The molecule has 0 saturated carbocycles. The molecule has 0 radical (unpaired) electrons. The Hall–Kier alpha value is -3.02. The van der Waals surface area contributed by atoms with Gasteiger partial charge in [-0.05, 0) is 60.9 Å². The largest absolute Gasteiger partial charge is 0.323 e. The van der Waals surface area contributed by atoms with Crippen LogP contribution in [0.5, 0.6) is 0 Å². The van der Waals surface area contributed by atoms with Crippen LogP contribution < -0.4 is 15.5 Å². The molecule has 0 aliphatic carbocycles. The predicted octanol–water partition coefficient (Wildman–Crippen LogP) is 6.23. The summed E-state index contributed by atoms with van der Waals surface area (Å²) < 4.78 is 0. The van der Waals surface area contributed by atoms with Crippen molar-refractivity contribution in [2.75, 3.05) is 22.1 Å². The van der Waals surface area contributed by atoms with Gasteiger partial charge in [-0.25, -0.2) is 4.79 Å². The maximum absolute atomic E-state index is 13.0. The number of benzene rings is 3. The Morgan fingerprint density at radius 1 is 0.833 bits per heavy atom. The zero-order valence-corrected chi connectivity index (χ0v) is 17.5. The summed E-state index contributed by atoms with van der Waals surface area (Å²) in [6.07, 6.45) is 1.79. The van der Waals surface area contributed by atoms with E-state index in [1.54, 1.807) is 23.1 Å². The van der Waals surface area contributed by atoms with E-state index in [0.717, 1.165) is 24.1 Å². The summed E-state index contributed by atoms with van der Waals surface area (Å²) in [6.45, 7) is 0.639. The summed E-state index contributed by atoms with van der Waals surface area (Å²) in [5.41, 5.74) is 3.67. The molecular weight excluding hydrogens is 421 g/mol. The van der Waals surface area contributed by atoms with E-state index in [0.29, 0.717) is 33.5 Å². The average Bonchev–Trinajstić information content (AvgIpc) is 2.76. The molecule has 1 aliphatic heterocycles. The van der Waals surface area contributed by atoms with Crippen molar-refractivity contribution in [3.8, 4) is 0 Å². The SMILES string of the molecule is O=C(Nc1ccc(Cl)c(Cl)c1)Nc1ccc2c(c1)N(C(=O)c1ccccc1)CCC2. The van der Waals surface area contributed by atoms with Crippen molar-refractivity contribution in [2.45, 2.75) is 12.8 Å². The lowest BCUT2D eigenvalue weighted by Crippen LogP contribution is -2.35. The first-order valence-electron chi connectivity index (χ1n) is 9.54. The van der Waals surface area contributed by atoms with Gasteiger partial charge in [-0.15, -0.1) is 0 Å². The second-order valence-electron chi connectivity index (χ2n) is 6.98. The summed E-state index contributed by atoms with van der Waals surface area (Å²) in [6, 6.07) is 19.3. The average molecular weight is 440 g/mol. The summed E-state index contributed by atoms with van der Waals surface area (Å²) in [5.74, 6) is -0.0473. The number of carbonyl (C=O) groups excluding carboxylic acids is 2. The van der Waals surface area contributed by atoms with Gasteiger partial charge in [0.05, 0.1) is 10.0 Å². The van der Waals surface area contributed by atoms with Crippen LogP contribution in [0, 0.1) is 0 Å². The van der Waals surface area contributed by atoms with Crippen LogP contribution in [0.4, 0.5) is 21.9 Å². The standard InChI is InChI=1S/C23H19Cl2N3O2/c24-19-11-10-17(13-20(19)25)26-23(30)27-18-9-8-15-7-4-12-28(21(15)14-18)22(29)16-5-2-1-3-6-16/h1-3,5-6,8-11,13-14H,4,7,12H2,(H2,26,27,30). The van der Waals surface area contributed by atoms with Gasteiger partial charge in [0.15, 0.2) is 0 Å². The van der Waals surface area contributed by atoms with E-state index in [9.17, 15) is 9.59 Å². The van der Waals surface area contributed by atoms with Crippen molar-refractivity contribution < 1.29 is 9.59 Å². The normalized spacial score (nSPS) is 12.8. The molecule has 152 valence electrons. The van der Waals surface area contributed by atoms with Gasteiger partial charge >= 0.3 is 6.03 Å². The van der Waals surface area contributed by atoms with Crippen molar-refractivity contribution in [1.82, 2.24) is 0 Å². The van der Waals surface area contributed by atoms with E-state index in [1.807, 2.05) is 48.5 Å². The van der Waals surface area contributed by atoms with Gasteiger partial charge in [-0.2, -0.15) is 0 Å². The van der Waals surface area contributed by atoms with Crippen LogP contribution in [0.15, 0.2) is 66.7 Å². The Kier molecular flexibility index (Phi) is 5.93. The predicted molar refractivity (Wildman–Crippen MR) is 122 cm³/mol. The molecule has 0 atom stereocenters. The van der Waals surface area contributed by atoms with Gasteiger partial charge in [0.25, 0.3) is 5.91 Å². The molecule has 0 bridgehead atoms. The lowest BCUT2D eigenvalue weighted by atomic mass is 10.00. The second-order valence-corrected chi connectivity index (χ2v) is 7.79. The van der Waals surface area contributed by atoms with Crippen LogP contribution in [-0.4, -0.2) is 18.5 Å². The van der Waals surface area contributed by atoms with Gasteiger partial charge in [-0.1, -0.05) is 47.5 Å². The maximum atomic E-state index is 13.0. The number of urea groups is 1. The molecule has 4 rings (SSSR count). The van der Waals surface area contributed by atoms with Crippen LogP contribution >= 0.6 is 23.2 Å². The number of halogens is 2. The third kappa shape index (κ3) is 4.42. The molecule has 2 N–H and O–H groups in total. The molecule has 0 fully saturated rings. The Balaban J connectivity index is 1.53. The first-order chi connectivity index (χ1) is 14.5. The highest BCUT2D eigenvalue weighted by molar-refractivity contribution is 6.42. The second kappa shape index (κ2) is 8.78. The first kappa shape index (κ1) is 20.3. The fourth-order valence-electron chi connectivity index (χ4n) is 3.47.